The van der Waals surface area contributed by atoms with Crippen LogP contribution in [0.2, 0.25) is 0 Å². The number of carbonyl (C=O) groups excluding carboxylic acids is 2. The third kappa shape index (κ3) is 4.47. The van der Waals surface area contributed by atoms with E-state index in [1.54, 1.807) is 4.90 Å². The molecular weight excluding hydrogens is 362 g/mol. The van der Waals surface area contributed by atoms with Gasteiger partial charge in [-0.05, 0) is 38.5 Å². The molecule has 0 bridgehead atoms. The number of carbonyl (C=O) groups is 2. The van der Waals surface area contributed by atoms with Crippen molar-refractivity contribution in [2.75, 3.05) is 20.2 Å². The topological polar surface area (TPSA) is 55.8 Å². The van der Waals surface area contributed by atoms with E-state index in [0.717, 1.165) is 10.0 Å². The first kappa shape index (κ1) is 17.8. The van der Waals surface area contributed by atoms with Gasteiger partial charge in [-0.25, -0.2) is 4.79 Å². The van der Waals surface area contributed by atoms with Crippen LogP contribution in [0.25, 0.3) is 0 Å². The maximum Gasteiger partial charge on any atom is 0.410 e. The zero-order valence-electron chi connectivity index (χ0n) is 13.8. The Bertz CT molecular complexity index is 579. The zero-order valence-corrected chi connectivity index (χ0v) is 15.4. The predicted molar refractivity (Wildman–Crippen MR) is 90.2 cm³/mol. The molecule has 0 N–H and O–H groups in total. The fourth-order valence-electron chi connectivity index (χ4n) is 2.72. The molecule has 1 heterocycles. The number of rotatable bonds is 2. The minimum absolute atomic E-state index is 0.0944. The standard InChI is InChI=1S/C17H22BrNO4/c1-17(2,3)23-16(21)19-9-13(14(10-19)15(20)22-4)11-5-7-12(18)8-6-11/h5-8,13-14H,9-10H2,1-4H3/t13-,14+/m1/s1. The third-order valence-electron chi connectivity index (χ3n) is 3.77. The summed E-state index contributed by atoms with van der Waals surface area (Å²) in [6, 6.07) is 7.78. The van der Waals surface area contributed by atoms with Gasteiger partial charge in [-0.1, -0.05) is 28.1 Å². The Labute approximate surface area is 145 Å². The van der Waals surface area contributed by atoms with Gasteiger partial charge in [0.25, 0.3) is 0 Å². The van der Waals surface area contributed by atoms with E-state index in [1.807, 2.05) is 45.0 Å². The number of methoxy groups -OCH3 is 1. The van der Waals surface area contributed by atoms with Gasteiger partial charge in [0.15, 0.2) is 0 Å². The molecule has 2 rings (SSSR count). The number of ether oxygens (including phenoxy) is 2. The zero-order chi connectivity index (χ0) is 17.2. The maximum atomic E-state index is 12.3. The second kappa shape index (κ2) is 6.91. The van der Waals surface area contributed by atoms with Gasteiger partial charge in [0.1, 0.15) is 5.60 Å². The summed E-state index contributed by atoms with van der Waals surface area (Å²) < 4.78 is 11.3. The van der Waals surface area contributed by atoms with Crippen LogP contribution in [0, 0.1) is 5.92 Å². The Balaban J connectivity index is 2.20. The van der Waals surface area contributed by atoms with Crippen molar-refractivity contribution in [2.24, 2.45) is 5.92 Å². The summed E-state index contributed by atoms with van der Waals surface area (Å²) in [5, 5.41) is 0. The Morgan fingerprint density at radius 1 is 1.17 bits per heavy atom. The number of hydrogen-bond acceptors (Lipinski definition) is 4. The van der Waals surface area contributed by atoms with Crippen molar-refractivity contribution >= 4 is 28.0 Å². The number of hydrogen-bond donors (Lipinski definition) is 0. The second-order valence-corrected chi connectivity index (χ2v) is 7.59. The second-order valence-electron chi connectivity index (χ2n) is 6.67. The van der Waals surface area contributed by atoms with Crippen molar-refractivity contribution in [2.45, 2.75) is 32.3 Å². The van der Waals surface area contributed by atoms with Crippen molar-refractivity contribution < 1.29 is 19.1 Å². The molecule has 0 aliphatic carbocycles. The van der Waals surface area contributed by atoms with Crippen molar-refractivity contribution in [3.63, 3.8) is 0 Å². The van der Waals surface area contributed by atoms with Crippen LogP contribution in [-0.4, -0.2) is 42.8 Å². The Kier molecular flexibility index (Phi) is 5.34. The minimum Gasteiger partial charge on any atom is -0.469 e. The predicted octanol–water partition coefficient (Wildman–Crippen LogP) is 3.57. The summed E-state index contributed by atoms with van der Waals surface area (Å²) in [6.45, 7) is 6.22. The number of amides is 1. The first-order valence-electron chi connectivity index (χ1n) is 7.52. The van der Waals surface area contributed by atoms with E-state index in [2.05, 4.69) is 15.9 Å². The molecule has 1 saturated heterocycles. The number of halogens is 1. The van der Waals surface area contributed by atoms with Crippen LogP contribution in [0.4, 0.5) is 4.79 Å². The van der Waals surface area contributed by atoms with E-state index in [9.17, 15) is 9.59 Å². The highest BCUT2D eigenvalue weighted by molar-refractivity contribution is 9.10. The molecule has 0 aromatic heterocycles. The third-order valence-corrected chi connectivity index (χ3v) is 4.30. The fourth-order valence-corrected chi connectivity index (χ4v) is 2.98. The highest BCUT2D eigenvalue weighted by atomic mass is 79.9. The van der Waals surface area contributed by atoms with Gasteiger partial charge >= 0.3 is 12.1 Å². The minimum atomic E-state index is -0.562. The molecule has 0 radical (unpaired) electrons. The summed E-state index contributed by atoms with van der Waals surface area (Å²) in [4.78, 5) is 26.0. The van der Waals surface area contributed by atoms with Crippen LogP contribution in [0.15, 0.2) is 28.7 Å². The lowest BCUT2D eigenvalue weighted by Crippen LogP contribution is -2.36. The molecule has 0 saturated carbocycles. The van der Waals surface area contributed by atoms with Gasteiger partial charge in [0.2, 0.25) is 0 Å². The van der Waals surface area contributed by atoms with E-state index in [-0.39, 0.29) is 17.8 Å². The molecular formula is C17H22BrNO4. The fraction of sp³-hybridized carbons (Fsp3) is 0.529. The van der Waals surface area contributed by atoms with Crippen LogP contribution in [0.5, 0.6) is 0 Å². The molecule has 126 valence electrons. The molecule has 1 aliphatic heterocycles. The lowest BCUT2D eigenvalue weighted by molar-refractivity contribution is -0.145. The average molecular weight is 384 g/mol. The molecule has 1 aromatic rings. The Morgan fingerprint density at radius 2 is 1.78 bits per heavy atom. The van der Waals surface area contributed by atoms with Crippen LogP contribution < -0.4 is 0 Å². The normalized spacial score (nSPS) is 21.2. The number of benzene rings is 1. The van der Waals surface area contributed by atoms with E-state index >= 15 is 0 Å². The first-order valence-corrected chi connectivity index (χ1v) is 8.32. The van der Waals surface area contributed by atoms with E-state index in [4.69, 9.17) is 9.47 Å². The highest BCUT2D eigenvalue weighted by Crippen LogP contribution is 2.34. The molecule has 1 amide bonds. The SMILES string of the molecule is COC(=O)[C@H]1CN(C(=O)OC(C)(C)C)C[C@@H]1c1ccc(Br)cc1. The van der Waals surface area contributed by atoms with Gasteiger partial charge in [-0.2, -0.15) is 0 Å². The molecule has 1 aromatic carbocycles. The van der Waals surface area contributed by atoms with Crippen LogP contribution in [-0.2, 0) is 14.3 Å². The highest BCUT2D eigenvalue weighted by Gasteiger charge is 2.42. The van der Waals surface area contributed by atoms with Crippen LogP contribution >= 0.6 is 15.9 Å². The van der Waals surface area contributed by atoms with Crippen LogP contribution in [0.1, 0.15) is 32.3 Å². The number of esters is 1. The number of likely N-dealkylation sites (tertiary alicyclic amines) is 1. The molecule has 0 spiro atoms. The number of nitrogens with zero attached hydrogens (tertiary/aromatic N) is 1. The molecule has 6 heteroatoms. The van der Waals surface area contributed by atoms with Crippen molar-refractivity contribution in [1.82, 2.24) is 4.90 Å². The summed E-state index contributed by atoms with van der Waals surface area (Å²) >= 11 is 3.40. The summed E-state index contributed by atoms with van der Waals surface area (Å²) in [6.07, 6.45) is -0.397. The van der Waals surface area contributed by atoms with Gasteiger partial charge in [-0.3, -0.25) is 4.79 Å². The smallest absolute Gasteiger partial charge is 0.410 e. The van der Waals surface area contributed by atoms with E-state index in [0.29, 0.717) is 13.1 Å². The van der Waals surface area contributed by atoms with Crippen LogP contribution in [0.3, 0.4) is 0 Å². The summed E-state index contributed by atoms with van der Waals surface area (Å²) in [5.41, 5.74) is 0.447. The van der Waals surface area contributed by atoms with Gasteiger partial charge < -0.3 is 14.4 Å². The summed E-state index contributed by atoms with van der Waals surface area (Å²) in [5.74, 6) is -0.777. The monoisotopic (exact) mass is 383 g/mol. The molecule has 5 nitrogen and oxygen atoms in total. The quantitative estimate of drug-likeness (QED) is 0.732. The van der Waals surface area contributed by atoms with Crippen molar-refractivity contribution in [1.29, 1.82) is 0 Å². The lowest BCUT2D eigenvalue weighted by Gasteiger charge is -2.24. The average Bonchev–Trinajstić information content (AvgIpc) is 2.91. The molecule has 1 fully saturated rings. The first-order chi connectivity index (χ1) is 10.7. The maximum absolute atomic E-state index is 12.3. The van der Waals surface area contributed by atoms with Gasteiger partial charge in [0, 0.05) is 23.5 Å². The molecule has 23 heavy (non-hydrogen) atoms. The van der Waals surface area contributed by atoms with Gasteiger partial charge in [-0.15, -0.1) is 0 Å². The summed E-state index contributed by atoms with van der Waals surface area (Å²) in [7, 11) is 1.37. The van der Waals surface area contributed by atoms with Gasteiger partial charge in [0.05, 0.1) is 13.0 Å². The molecule has 0 unspecified atom stereocenters. The molecule has 2 atom stereocenters. The molecule has 1 aliphatic rings. The van der Waals surface area contributed by atoms with E-state index in [1.165, 1.54) is 7.11 Å². The van der Waals surface area contributed by atoms with Crippen molar-refractivity contribution in [3.8, 4) is 0 Å². The largest absolute Gasteiger partial charge is 0.469 e. The Morgan fingerprint density at radius 3 is 2.30 bits per heavy atom. The van der Waals surface area contributed by atoms with E-state index < -0.39 is 11.7 Å². The Hall–Kier alpha value is -1.56. The lowest BCUT2D eigenvalue weighted by atomic mass is 9.89. The van der Waals surface area contributed by atoms with Crippen molar-refractivity contribution in [3.05, 3.63) is 34.3 Å².